The number of halogens is 1. The van der Waals surface area contributed by atoms with Gasteiger partial charge in [0, 0.05) is 35.2 Å². The number of rotatable bonds is 3. The van der Waals surface area contributed by atoms with Crippen LogP contribution in [0.1, 0.15) is 21.7 Å². The number of pyridine rings is 1. The Hall–Kier alpha value is -2.95. The first-order chi connectivity index (χ1) is 11.1. The summed E-state index contributed by atoms with van der Waals surface area (Å²) in [5, 5.41) is 2.85. The van der Waals surface area contributed by atoms with Crippen molar-refractivity contribution in [3.8, 4) is 5.69 Å². The summed E-state index contributed by atoms with van der Waals surface area (Å²) in [5.74, 6) is -0.468. The Labute approximate surface area is 133 Å². The highest BCUT2D eigenvalue weighted by Crippen LogP contribution is 2.22. The van der Waals surface area contributed by atoms with Crippen molar-refractivity contribution in [2.45, 2.75) is 13.8 Å². The molecule has 0 unspecified atom stereocenters. The number of carbonyl (C=O) groups is 1. The van der Waals surface area contributed by atoms with Gasteiger partial charge in [0.05, 0.1) is 5.56 Å². The van der Waals surface area contributed by atoms with Gasteiger partial charge in [-0.2, -0.15) is 0 Å². The molecule has 1 amide bonds. The van der Waals surface area contributed by atoms with Crippen LogP contribution >= 0.6 is 0 Å². The Morgan fingerprint density at radius 2 is 1.74 bits per heavy atom. The quantitative estimate of drug-likeness (QED) is 0.798. The van der Waals surface area contributed by atoms with Crippen molar-refractivity contribution in [1.29, 1.82) is 0 Å². The summed E-state index contributed by atoms with van der Waals surface area (Å²) in [7, 11) is 0. The second-order valence-electron chi connectivity index (χ2n) is 5.29. The highest BCUT2D eigenvalue weighted by atomic mass is 19.1. The van der Waals surface area contributed by atoms with Crippen LogP contribution < -0.4 is 5.32 Å². The Bertz CT molecular complexity index is 839. The zero-order valence-electron chi connectivity index (χ0n) is 12.9. The lowest BCUT2D eigenvalue weighted by Crippen LogP contribution is -2.13. The van der Waals surface area contributed by atoms with Crippen LogP contribution in [-0.2, 0) is 0 Å². The topological polar surface area (TPSA) is 46.9 Å². The predicted octanol–water partition coefficient (Wildman–Crippen LogP) is 3.88. The molecule has 5 heteroatoms. The molecule has 1 N–H and O–H groups in total. The van der Waals surface area contributed by atoms with E-state index in [-0.39, 0.29) is 11.7 Å². The molecule has 0 spiro atoms. The lowest BCUT2D eigenvalue weighted by atomic mass is 10.2. The number of benzene rings is 1. The number of amides is 1. The average Bonchev–Trinajstić information content (AvgIpc) is 2.84. The standard InChI is InChI=1S/C18H16FN3O/c1-12-11-17(18(23)21-15-7-9-20-10-8-15)13(2)22(12)16-5-3-14(19)4-6-16/h3-11H,1-2H3,(H,20,21,23). The van der Waals surface area contributed by atoms with Crippen LogP contribution in [0.25, 0.3) is 5.69 Å². The fraction of sp³-hybridized carbons (Fsp3) is 0.111. The van der Waals surface area contributed by atoms with Crippen molar-refractivity contribution >= 4 is 11.6 Å². The van der Waals surface area contributed by atoms with E-state index in [4.69, 9.17) is 0 Å². The van der Waals surface area contributed by atoms with Crippen molar-refractivity contribution in [2.24, 2.45) is 0 Å². The number of nitrogens with one attached hydrogen (secondary N) is 1. The van der Waals surface area contributed by atoms with Crippen molar-refractivity contribution in [3.05, 3.63) is 77.6 Å². The van der Waals surface area contributed by atoms with Gasteiger partial charge in [0.2, 0.25) is 0 Å². The number of anilines is 1. The molecule has 0 aliphatic heterocycles. The van der Waals surface area contributed by atoms with Gasteiger partial charge in [-0.3, -0.25) is 9.78 Å². The SMILES string of the molecule is Cc1cc(C(=O)Nc2ccncc2)c(C)n1-c1ccc(F)cc1. The van der Waals surface area contributed by atoms with Crippen molar-refractivity contribution in [2.75, 3.05) is 5.32 Å². The minimum Gasteiger partial charge on any atom is -0.322 e. The maximum absolute atomic E-state index is 13.1. The minimum absolute atomic E-state index is 0.183. The predicted molar refractivity (Wildman–Crippen MR) is 87.4 cm³/mol. The van der Waals surface area contributed by atoms with Crippen LogP contribution in [0, 0.1) is 19.7 Å². The lowest BCUT2D eigenvalue weighted by molar-refractivity contribution is 0.102. The van der Waals surface area contributed by atoms with E-state index in [1.807, 2.05) is 24.5 Å². The average molecular weight is 309 g/mol. The Balaban J connectivity index is 1.94. The van der Waals surface area contributed by atoms with E-state index in [1.54, 1.807) is 36.7 Å². The molecule has 1 aromatic carbocycles. The normalized spacial score (nSPS) is 10.6. The third-order valence-electron chi connectivity index (χ3n) is 3.70. The number of hydrogen-bond acceptors (Lipinski definition) is 2. The maximum Gasteiger partial charge on any atom is 0.257 e. The van der Waals surface area contributed by atoms with Crippen LogP contribution in [0.3, 0.4) is 0 Å². The molecular weight excluding hydrogens is 293 g/mol. The third kappa shape index (κ3) is 2.99. The van der Waals surface area contributed by atoms with Crippen LogP contribution in [-0.4, -0.2) is 15.5 Å². The first-order valence-corrected chi connectivity index (χ1v) is 7.22. The summed E-state index contributed by atoms with van der Waals surface area (Å²) in [6.07, 6.45) is 3.24. The molecule has 0 bridgehead atoms. The fourth-order valence-electron chi connectivity index (χ4n) is 2.61. The molecule has 2 heterocycles. The number of nitrogens with zero attached hydrogens (tertiary/aromatic N) is 2. The molecule has 116 valence electrons. The van der Waals surface area contributed by atoms with Gasteiger partial charge in [-0.15, -0.1) is 0 Å². The van der Waals surface area contributed by atoms with Crippen molar-refractivity contribution in [1.82, 2.24) is 9.55 Å². The van der Waals surface area contributed by atoms with Crippen LogP contribution in [0.15, 0.2) is 54.9 Å². The molecule has 3 rings (SSSR count). The molecule has 0 saturated heterocycles. The van der Waals surface area contributed by atoms with Gasteiger partial charge in [0.15, 0.2) is 0 Å². The van der Waals surface area contributed by atoms with Crippen LogP contribution in [0.5, 0.6) is 0 Å². The van der Waals surface area contributed by atoms with Gasteiger partial charge in [0.25, 0.3) is 5.91 Å². The second kappa shape index (κ2) is 6.04. The molecule has 0 aliphatic rings. The van der Waals surface area contributed by atoms with Gasteiger partial charge in [-0.25, -0.2) is 4.39 Å². The minimum atomic E-state index is -0.285. The van der Waals surface area contributed by atoms with Gasteiger partial charge in [-0.05, 0) is 56.3 Å². The molecule has 0 radical (unpaired) electrons. The highest BCUT2D eigenvalue weighted by molar-refractivity contribution is 6.05. The molecule has 3 aromatic rings. The summed E-state index contributed by atoms with van der Waals surface area (Å²) >= 11 is 0. The van der Waals surface area contributed by atoms with E-state index >= 15 is 0 Å². The molecule has 23 heavy (non-hydrogen) atoms. The highest BCUT2D eigenvalue weighted by Gasteiger charge is 2.16. The summed E-state index contributed by atoms with van der Waals surface area (Å²) in [6.45, 7) is 3.79. The first kappa shape index (κ1) is 15.0. The summed E-state index contributed by atoms with van der Waals surface area (Å²) in [6, 6.07) is 11.5. The van der Waals surface area contributed by atoms with Crippen molar-refractivity contribution in [3.63, 3.8) is 0 Å². The Kier molecular flexibility index (Phi) is 3.93. The van der Waals surface area contributed by atoms with E-state index in [9.17, 15) is 9.18 Å². The smallest absolute Gasteiger partial charge is 0.257 e. The molecule has 0 aliphatic carbocycles. The lowest BCUT2D eigenvalue weighted by Gasteiger charge is -2.10. The molecule has 0 atom stereocenters. The van der Waals surface area contributed by atoms with Gasteiger partial charge in [-0.1, -0.05) is 0 Å². The Morgan fingerprint density at radius 1 is 1.09 bits per heavy atom. The summed E-state index contributed by atoms with van der Waals surface area (Å²) in [4.78, 5) is 16.4. The van der Waals surface area contributed by atoms with E-state index in [1.165, 1.54) is 12.1 Å². The maximum atomic E-state index is 13.1. The van der Waals surface area contributed by atoms with E-state index in [2.05, 4.69) is 10.3 Å². The van der Waals surface area contributed by atoms with Gasteiger partial charge in [0.1, 0.15) is 5.82 Å². The Morgan fingerprint density at radius 3 is 2.39 bits per heavy atom. The summed E-state index contributed by atoms with van der Waals surface area (Å²) in [5.41, 5.74) is 3.82. The monoisotopic (exact) mass is 309 g/mol. The molecule has 4 nitrogen and oxygen atoms in total. The fourth-order valence-corrected chi connectivity index (χ4v) is 2.61. The van der Waals surface area contributed by atoms with Gasteiger partial charge >= 0.3 is 0 Å². The molecule has 0 fully saturated rings. The summed E-state index contributed by atoms with van der Waals surface area (Å²) < 4.78 is 15.0. The molecular formula is C18H16FN3O. The first-order valence-electron chi connectivity index (χ1n) is 7.22. The number of carbonyl (C=O) groups excluding carboxylic acids is 1. The second-order valence-corrected chi connectivity index (χ2v) is 5.29. The van der Waals surface area contributed by atoms with Crippen LogP contribution in [0.2, 0.25) is 0 Å². The molecule has 2 aromatic heterocycles. The van der Waals surface area contributed by atoms with E-state index < -0.39 is 0 Å². The van der Waals surface area contributed by atoms with E-state index in [0.717, 1.165) is 17.1 Å². The number of aryl methyl sites for hydroxylation is 1. The van der Waals surface area contributed by atoms with Crippen LogP contribution in [0.4, 0.5) is 10.1 Å². The number of hydrogen-bond donors (Lipinski definition) is 1. The third-order valence-corrected chi connectivity index (χ3v) is 3.70. The zero-order chi connectivity index (χ0) is 16.4. The largest absolute Gasteiger partial charge is 0.322 e. The zero-order valence-corrected chi connectivity index (χ0v) is 12.9. The van der Waals surface area contributed by atoms with Crippen molar-refractivity contribution < 1.29 is 9.18 Å². The van der Waals surface area contributed by atoms with Gasteiger partial charge < -0.3 is 9.88 Å². The molecule has 0 saturated carbocycles. The number of aromatic nitrogens is 2. The van der Waals surface area contributed by atoms with E-state index in [0.29, 0.717) is 11.3 Å².